The van der Waals surface area contributed by atoms with Crippen LogP contribution in [0.1, 0.15) is 51.2 Å². The first-order valence-electron chi connectivity index (χ1n) is 10.1. The molecule has 2 aliphatic rings. The van der Waals surface area contributed by atoms with Gasteiger partial charge >= 0.3 is 0 Å². The van der Waals surface area contributed by atoms with Crippen molar-refractivity contribution >= 4 is 41.7 Å². The number of rotatable bonds is 7. The molecule has 0 spiro atoms. The van der Waals surface area contributed by atoms with Crippen LogP contribution in [0.4, 0.5) is 0 Å². The number of nitrogens with zero attached hydrogens (tertiary/aromatic N) is 1. The molecule has 1 aliphatic carbocycles. The number of hydrogen-bond acceptors (Lipinski definition) is 3. The summed E-state index contributed by atoms with van der Waals surface area (Å²) in [7, 11) is 0. The third-order valence-electron chi connectivity index (χ3n) is 5.30. The van der Waals surface area contributed by atoms with Gasteiger partial charge in [0.15, 0.2) is 5.96 Å². The van der Waals surface area contributed by atoms with Gasteiger partial charge in [-0.2, -0.15) is 11.8 Å². The summed E-state index contributed by atoms with van der Waals surface area (Å²) in [5.74, 6) is 2.65. The molecule has 0 amide bonds. The average molecular weight is 503 g/mol. The van der Waals surface area contributed by atoms with Crippen LogP contribution in [0.5, 0.6) is 0 Å². The second-order valence-corrected chi connectivity index (χ2v) is 8.78. The molecule has 2 fully saturated rings. The summed E-state index contributed by atoms with van der Waals surface area (Å²) < 4.78 is 6.01. The van der Waals surface area contributed by atoms with E-state index in [2.05, 4.69) is 66.6 Å². The molecule has 0 aromatic heterocycles. The first-order chi connectivity index (χ1) is 12.8. The molecule has 1 heterocycles. The van der Waals surface area contributed by atoms with Crippen LogP contribution >= 0.6 is 35.7 Å². The van der Waals surface area contributed by atoms with Gasteiger partial charge < -0.3 is 15.4 Å². The van der Waals surface area contributed by atoms with Crippen LogP contribution < -0.4 is 10.6 Å². The van der Waals surface area contributed by atoms with Gasteiger partial charge in [-0.3, -0.25) is 4.99 Å². The third-order valence-corrected chi connectivity index (χ3v) is 6.53. The summed E-state index contributed by atoms with van der Waals surface area (Å²) in [4.78, 5) is 4.91. The molecular formula is C21H34IN3OS. The predicted octanol–water partition coefficient (Wildman–Crippen LogP) is 4.61. The van der Waals surface area contributed by atoms with Crippen molar-refractivity contribution in [2.24, 2.45) is 10.9 Å². The molecule has 1 saturated heterocycles. The minimum Gasteiger partial charge on any atom is -0.373 e. The molecule has 1 aromatic rings. The highest BCUT2D eigenvalue weighted by molar-refractivity contribution is 14.0. The Morgan fingerprint density at radius 1 is 1.19 bits per heavy atom. The highest BCUT2D eigenvalue weighted by Gasteiger charge is 2.30. The van der Waals surface area contributed by atoms with Crippen molar-refractivity contribution in [3.8, 4) is 0 Å². The van der Waals surface area contributed by atoms with Crippen LogP contribution in [-0.4, -0.2) is 42.7 Å². The first kappa shape index (κ1) is 22.8. The van der Waals surface area contributed by atoms with E-state index in [1.165, 1.54) is 30.6 Å². The number of aliphatic imine (C=N–C) groups is 1. The normalized spacial score (nSPS) is 28.0. The zero-order chi connectivity index (χ0) is 18.2. The SMILES string of the molecule is CCNC(=NCC1CCOC1c1ccccc1)NC1CCC(SCC)C1.I. The van der Waals surface area contributed by atoms with Crippen molar-refractivity contribution in [1.82, 2.24) is 10.6 Å². The summed E-state index contributed by atoms with van der Waals surface area (Å²) in [5.41, 5.74) is 1.28. The summed E-state index contributed by atoms with van der Waals surface area (Å²) in [5, 5.41) is 7.91. The molecule has 4 unspecified atom stereocenters. The zero-order valence-electron chi connectivity index (χ0n) is 16.5. The maximum atomic E-state index is 6.01. The largest absolute Gasteiger partial charge is 0.373 e. The molecular weight excluding hydrogens is 469 g/mol. The lowest BCUT2D eigenvalue weighted by atomic mass is 9.95. The van der Waals surface area contributed by atoms with Crippen molar-refractivity contribution in [3.63, 3.8) is 0 Å². The number of ether oxygens (including phenoxy) is 1. The van der Waals surface area contributed by atoms with Gasteiger partial charge in [0.25, 0.3) is 0 Å². The highest BCUT2D eigenvalue weighted by atomic mass is 127. The number of halogens is 1. The highest BCUT2D eigenvalue weighted by Crippen LogP contribution is 2.34. The van der Waals surface area contributed by atoms with Gasteiger partial charge in [-0.05, 0) is 43.9 Å². The molecule has 1 aliphatic heterocycles. The van der Waals surface area contributed by atoms with Crippen molar-refractivity contribution in [2.45, 2.75) is 56.9 Å². The number of hydrogen-bond donors (Lipinski definition) is 2. The van der Waals surface area contributed by atoms with Gasteiger partial charge in [0.2, 0.25) is 0 Å². The van der Waals surface area contributed by atoms with E-state index in [1.54, 1.807) is 0 Å². The minimum atomic E-state index is 0. The Morgan fingerprint density at radius 2 is 2.00 bits per heavy atom. The number of benzene rings is 1. The lowest BCUT2D eigenvalue weighted by Gasteiger charge is -2.20. The molecule has 27 heavy (non-hydrogen) atoms. The average Bonchev–Trinajstić information content (AvgIpc) is 3.30. The topological polar surface area (TPSA) is 45.7 Å². The van der Waals surface area contributed by atoms with Crippen LogP contribution in [0.25, 0.3) is 0 Å². The molecule has 3 rings (SSSR count). The summed E-state index contributed by atoms with van der Waals surface area (Å²) in [6.07, 6.45) is 5.09. The molecule has 1 saturated carbocycles. The van der Waals surface area contributed by atoms with E-state index in [9.17, 15) is 0 Å². The predicted molar refractivity (Wildman–Crippen MR) is 127 cm³/mol. The Morgan fingerprint density at radius 3 is 2.74 bits per heavy atom. The van der Waals surface area contributed by atoms with Crippen LogP contribution in [0.2, 0.25) is 0 Å². The second kappa shape index (κ2) is 12.2. The molecule has 1 aromatic carbocycles. The Hall–Kier alpha value is -0.470. The Kier molecular flexibility index (Phi) is 10.3. The Balaban J connectivity index is 0.00000261. The fourth-order valence-corrected chi connectivity index (χ4v) is 5.15. The van der Waals surface area contributed by atoms with Crippen molar-refractivity contribution in [1.29, 1.82) is 0 Å². The van der Waals surface area contributed by atoms with E-state index < -0.39 is 0 Å². The van der Waals surface area contributed by atoms with Crippen molar-refractivity contribution < 1.29 is 4.74 Å². The van der Waals surface area contributed by atoms with Gasteiger partial charge in [-0.15, -0.1) is 24.0 Å². The number of nitrogens with one attached hydrogen (secondary N) is 2. The molecule has 4 atom stereocenters. The lowest BCUT2D eigenvalue weighted by Crippen LogP contribution is -2.43. The van der Waals surface area contributed by atoms with E-state index in [4.69, 9.17) is 9.73 Å². The van der Waals surface area contributed by atoms with E-state index >= 15 is 0 Å². The van der Waals surface area contributed by atoms with Crippen LogP contribution in [-0.2, 0) is 4.74 Å². The quantitative estimate of drug-likeness (QED) is 0.324. The Bertz CT molecular complexity index is 572. The van der Waals surface area contributed by atoms with Gasteiger partial charge in [-0.1, -0.05) is 37.3 Å². The van der Waals surface area contributed by atoms with E-state index in [-0.39, 0.29) is 30.1 Å². The first-order valence-corrected chi connectivity index (χ1v) is 11.2. The molecule has 0 radical (unpaired) electrons. The molecule has 4 nitrogen and oxygen atoms in total. The Labute approximate surface area is 185 Å². The van der Waals surface area contributed by atoms with Gasteiger partial charge in [0.05, 0.1) is 6.10 Å². The fraction of sp³-hybridized carbons (Fsp3) is 0.667. The van der Waals surface area contributed by atoms with Crippen LogP contribution in [0.15, 0.2) is 35.3 Å². The number of guanidine groups is 1. The summed E-state index contributed by atoms with van der Waals surface area (Å²) in [6, 6.07) is 11.1. The van der Waals surface area contributed by atoms with Gasteiger partial charge in [-0.25, -0.2) is 0 Å². The molecule has 6 heteroatoms. The van der Waals surface area contributed by atoms with Crippen molar-refractivity contribution in [3.05, 3.63) is 35.9 Å². The minimum absolute atomic E-state index is 0. The van der Waals surface area contributed by atoms with Crippen LogP contribution in [0.3, 0.4) is 0 Å². The third kappa shape index (κ3) is 6.82. The molecule has 2 N–H and O–H groups in total. The van der Waals surface area contributed by atoms with Gasteiger partial charge in [0.1, 0.15) is 0 Å². The fourth-order valence-electron chi connectivity index (χ4n) is 4.01. The van der Waals surface area contributed by atoms with Crippen molar-refractivity contribution in [2.75, 3.05) is 25.4 Å². The second-order valence-electron chi connectivity index (χ2n) is 7.20. The lowest BCUT2D eigenvalue weighted by molar-refractivity contribution is 0.0925. The summed E-state index contributed by atoms with van der Waals surface area (Å²) in [6.45, 7) is 6.93. The summed E-state index contributed by atoms with van der Waals surface area (Å²) >= 11 is 2.10. The molecule has 0 bridgehead atoms. The number of thioether (sulfide) groups is 1. The smallest absolute Gasteiger partial charge is 0.191 e. The maximum absolute atomic E-state index is 6.01. The molecule has 152 valence electrons. The standard InChI is InChI=1S/C21H33N3OS.HI/c1-3-22-21(24-18-10-11-19(14-18)26-4-2)23-15-17-12-13-25-20(17)16-8-6-5-7-9-16;/h5-9,17-20H,3-4,10-15H2,1-2H3,(H2,22,23,24);1H. The van der Waals surface area contributed by atoms with E-state index in [0.29, 0.717) is 12.0 Å². The monoisotopic (exact) mass is 503 g/mol. The van der Waals surface area contributed by atoms with E-state index in [1.807, 2.05) is 0 Å². The van der Waals surface area contributed by atoms with E-state index in [0.717, 1.165) is 37.3 Å². The van der Waals surface area contributed by atoms with Crippen LogP contribution in [0, 0.1) is 5.92 Å². The van der Waals surface area contributed by atoms with Gasteiger partial charge in [0, 0.05) is 36.9 Å². The maximum Gasteiger partial charge on any atom is 0.191 e. The zero-order valence-corrected chi connectivity index (χ0v) is 19.7.